The van der Waals surface area contributed by atoms with Crippen LogP contribution >= 0.6 is 0 Å². The maximum atomic E-state index is 12.3. The molecule has 1 rings (SSSR count). The van der Waals surface area contributed by atoms with Crippen molar-refractivity contribution < 1.29 is 14.6 Å². The molecule has 0 spiro atoms. The first-order chi connectivity index (χ1) is 9.41. The number of likely N-dealkylation sites (tertiary alicyclic amines) is 1. The molecule has 0 saturated carbocycles. The minimum absolute atomic E-state index is 0.225. The van der Waals surface area contributed by atoms with E-state index in [2.05, 4.69) is 38.0 Å². The first-order valence-corrected chi connectivity index (χ1v) is 11.1. The number of hydrogen-bond acceptors (Lipinski definition) is 3. The van der Waals surface area contributed by atoms with Crippen molar-refractivity contribution in [3.05, 3.63) is 0 Å². The number of amides is 1. The molecule has 5 heteroatoms. The first-order valence-electron chi connectivity index (χ1n) is 7.61. The maximum absolute atomic E-state index is 12.3. The SMILES string of the molecule is C[C@H]1CCN(C(=O)OC(C)(C)C)[C@@H]1C(O)C#C[Si](C)(C)C. The van der Waals surface area contributed by atoms with Crippen LogP contribution in [0.3, 0.4) is 0 Å². The van der Waals surface area contributed by atoms with E-state index < -0.39 is 19.8 Å². The summed E-state index contributed by atoms with van der Waals surface area (Å²) < 4.78 is 5.43. The molecular weight excluding hydrogens is 282 g/mol. The number of carbonyl (C=O) groups is 1. The van der Waals surface area contributed by atoms with Gasteiger partial charge in [-0.25, -0.2) is 4.79 Å². The molecule has 0 aliphatic carbocycles. The van der Waals surface area contributed by atoms with Crippen molar-refractivity contribution in [2.45, 2.75) is 71.5 Å². The van der Waals surface area contributed by atoms with E-state index in [4.69, 9.17) is 4.74 Å². The molecule has 0 aromatic carbocycles. The van der Waals surface area contributed by atoms with Crippen LogP contribution < -0.4 is 0 Å². The summed E-state index contributed by atoms with van der Waals surface area (Å²) in [5.41, 5.74) is 2.66. The molecule has 1 unspecified atom stereocenters. The Morgan fingerprint density at radius 3 is 2.43 bits per heavy atom. The van der Waals surface area contributed by atoms with Crippen molar-refractivity contribution in [1.29, 1.82) is 0 Å². The Labute approximate surface area is 129 Å². The predicted molar refractivity (Wildman–Crippen MR) is 87.6 cm³/mol. The molecule has 1 heterocycles. The van der Waals surface area contributed by atoms with E-state index in [0.29, 0.717) is 6.54 Å². The molecule has 0 aromatic heterocycles. The van der Waals surface area contributed by atoms with Gasteiger partial charge < -0.3 is 14.7 Å². The smallest absolute Gasteiger partial charge is 0.410 e. The second-order valence-corrected chi connectivity index (χ2v) is 12.6. The van der Waals surface area contributed by atoms with Crippen LogP contribution in [-0.4, -0.2) is 48.5 Å². The molecule has 1 fully saturated rings. The lowest BCUT2D eigenvalue weighted by Gasteiger charge is -2.31. The summed E-state index contributed by atoms with van der Waals surface area (Å²) in [5.74, 6) is 3.19. The van der Waals surface area contributed by atoms with Gasteiger partial charge in [0.2, 0.25) is 0 Å². The molecule has 0 bridgehead atoms. The molecule has 4 nitrogen and oxygen atoms in total. The average molecular weight is 311 g/mol. The summed E-state index contributed by atoms with van der Waals surface area (Å²) in [4.78, 5) is 13.9. The number of ether oxygens (including phenoxy) is 1. The van der Waals surface area contributed by atoms with E-state index in [1.54, 1.807) is 4.90 Å². The third kappa shape index (κ3) is 5.72. The molecule has 0 aromatic rings. The van der Waals surface area contributed by atoms with E-state index in [1.807, 2.05) is 20.8 Å². The van der Waals surface area contributed by atoms with Crippen LogP contribution in [0.1, 0.15) is 34.1 Å². The number of aliphatic hydroxyl groups excluding tert-OH is 1. The van der Waals surface area contributed by atoms with Gasteiger partial charge in [0.1, 0.15) is 19.8 Å². The molecule has 1 saturated heterocycles. The van der Waals surface area contributed by atoms with Gasteiger partial charge in [-0.1, -0.05) is 32.5 Å². The van der Waals surface area contributed by atoms with Crippen molar-refractivity contribution >= 4 is 14.2 Å². The van der Waals surface area contributed by atoms with Crippen LogP contribution in [0, 0.1) is 17.4 Å². The van der Waals surface area contributed by atoms with E-state index in [1.165, 1.54) is 0 Å². The zero-order chi connectivity index (χ0) is 16.4. The van der Waals surface area contributed by atoms with Gasteiger partial charge in [-0.2, -0.15) is 0 Å². The topological polar surface area (TPSA) is 49.8 Å². The zero-order valence-corrected chi connectivity index (χ0v) is 15.4. The maximum Gasteiger partial charge on any atom is 0.410 e. The number of nitrogens with zero attached hydrogens (tertiary/aromatic N) is 1. The number of rotatable bonds is 1. The van der Waals surface area contributed by atoms with Gasteiger partial charge in [0.05, 0.1) is 6.04 Å². The van der Waals surface area contributed by atoms with Gasteiger partial charge in [-0.15, -0.1) is 5.54 Å². The van der Waals surface area contributed by atoms with Crippen LogP contribution in [0.25, 0.3) is 0 Å². The molecule has 1 aliphatic rings. The largest absolute Gasteiger partial charge is 0.444 e. The molecule has 3 atom stereocenters. The van der Waals surface area contributed by atoms with Crippen molar-refractivity contribution in [3.63, 3.8) is 0 Å². The minimum atomic E-state index is -1.54. The Morgan fingerprint density at radius 1 is 1.38 bits per heavy atom. The highest BCUT2D eigenvalue weighted by Crippen LogP contribution is 2.28. The fourth-order valence-corrected chi connectivity index (χ4v) is 2.94. The van der Waals surface area contributed by atoms with Crippen LogP contribution in [0.2, 0.25) is 19.6 Å². The summed E-state index contributed by atoms with van der Waals surface area (Å²) in [6.45, 7) is 14.6. The third-order valence-electron chi connectivity index (χ3n) is 3.31. The summed E-state index contributed by atoms with van der Waals surface area (Å²) in [6.07, 6.45) is -0.289. The van der Waals surface area contributed by atoms with E-state index in [9.17, 15) is 9.90 Å². The third-order valence-corrected chi connectivity index (χ3v) is 4.21. The standard InChI is InChI=1S/C16H29NO3Si/c1-12-8-10-17(15(19)20-16(2,3)4)14(12)13(18)9-11-21(5,6)7/h12-14,18H,8,10H2,1-7H3/t12-,13?,14-/m0/s1. The second kappa shape index (κ2) is 6.41. The Bertz CT molecular complexity index is 439. The zero-order valence-electron chi connectivity index (χ0n) is 14.4. The lowest BCUT2D eigenvalue weighted by Crippen LogP contribution is -2.46. The average Bonchev–Trinajstić information content (AvgIpc) is 2.65. The Kier molecular flexibility index (Phi) is 5.51. The van der Waals surface area contributed by atoms with Crippen molar-refractivity contribution in [2.24, 2.45) is 5.92 Å². The highest BCUT2D eigenvalue weighted by atomic mass is 28.3. The van der Waals surface area contributed by atoms with Gasteiger partial charge in [-0.3, -0.25) is 0 Å². The minimum Gasteiger partial charge on any atom is -0.444 e. The van der Waals surface area contributed by atoms with Crippen LogP contribution in [0.5, 0.6) is 0 Å². The summed E-state index contributed by atoms with van der Waals surface area (Å²) >= 11 is 0. The molecule has 1 amide bonds. The van der Waals surface area contributed by atoms with Crippen molar-refractivity contribution in [1.82, 2.24) is 4.90 Å². The van der Waals surface area contributed by atoms with Crippen LogP contribution in [0.4, 0.5) is 4.79 Å². The molecule has 120 valence electrons. The quantitative estimate of drug-likeness (QED) is 0.598. The Balaban J connectivity index is 2.86. The van der Waals surface area contributed by atoms with Crippen LogP contribution in [0.15, 0.2) is 0 Å². The molecule has 1 N–H and O–H groups in total. The van der Waals surface area contributed by atoms with E-state index >= 15 is 0 Å². The monoisotopic (exact) mass is 311 g/mol. The fraction of sp³-hybridized carbons (Fsp3) is 0.812. The Morgan fingerprint density at radius 2 is 1.95 bits per heavy atom. The fourth-order valence-electron chi connectivity index (χ4n) is 2.36. The van der Waals surface area contributed by atoms with Gasteiger partial charge in [-0.05, 0) is 33.1 Å². The van der Waals surface area contributed by atoms with Crippen molar-refractivity contribution in [2.75, 3.05) is 6.54 Å². The van der Waals surface area contributed by atoms with Gasteiger partial charge in [0.15, 0.2) is 0 Å². The number of hydrogen-bond donors (Lipinski definition) is 1. The molecule has 0 radical (unpaired) electrons. The van der Waals surface area contributed by atoms with Gasteiger partial charge >= 0.3 is 6.09 Å². The summed E-state index contributed by atoms with van der Waals surface area (Å²) in [7, 11) is -1.54. The predicted octanol–water partition coefficient (Wildman–Crippen LogP) is 2.87. The summed E-state index contributed by atoms with van der Waals surface area (Å²) in [6, 6.07) is -0.274. The lowest BCUT2D eigenvalue weighted by atomic mass is 9.98. The highest BCUT2D eigenvalue weighted by molar-refractivity contribution is 6.83. The molecule has 21 heavy (non-hydrogen) atoms. The highest BCUT2D eigenvalue weighted by Gasteiger charge is 2.40. The Hall–Kier alpha value is -0.993. The number of carbonyl (C=O) groups excluding carboxylic acids is 1. The van der Waals surface area contributed by atoms with Crippen LogP contribution in [-0.2, 0) is 4.74 Å². The second-order valence-electron chi connectivity index (χ2n) is 7.89. The van der Waals surface area contributed by atoms with Crippen molar-refractivity contribution in [3.8, 4) is 11.5 Å². The molecular formula is C16H29NO3Si. The van der Waals surface area contributed by atoms with E-state index in [0.717, 1.165) is 6.42 Å². The normalized spacial score (nSPS) is 24.3. The van der Waals surface area contributed by atoms with Gasteiger partial charge in [0, 0.05) is 6.54 Å². The molecule has 1 aliphatic heterocycles. The summed E-state index contributed by atoms with van der Waals surface area (Å²) in [5, 5.41) is 10.4. The lowest BCUT2D eigenvalue weighted by molar-refractivity contribution is 0.00878. The number of aliphatic hydroxyl groups is 1. The van der Waals surface area contributed by atoms with E-state index in [-0.39, 0.29) is 18.1 Å². The first kappa shape index (κ1) is 18.1. The van der Waals surface area contributed by atoms with Gasteiger partial charge in [0.25, 0.3) is 0 Å².